The number of aliphatic carboxylic acids is 1. The third-order valence-corrected chi connectivity index (χ3v) is 4.02. The SMILES string of the molecule is CCN(CC(=O)O)C(=O)C1(c2cccc(Br)c2)CC1. The van der Waals surface area contributed by atoms with Crippen LogP contribution < -0.4 is 0 Å². The van der Waals surface area contributed by atoms with Crippen LogP contribution in [0, 0.1) is 0 Å². The summed E-state index contributed by atoms with van der Waals surface area (Å²) in [6.45, 7) is 1.99. The molecule has 0 unspecified atom stereocenters. The number of hydrogen-bond acceptors (Lipinski definition) is 2. The molecule has 0 spiro atoms. The maximum atomic E-state index is 12.6. The van der Waals surface area contributed by atoms with E-state index in [9.17, 15) is 9.59 Å². The van der Waals surface area contributed by atoms with Crippen LogP contribution in [0.5, 0.6) is 0 Å². The highest BCUT2D eigenvalue weighted by molar-refractivity contribution is 9.10. The zero-order valence-corrected chi connectivity index (χ0v) is 12.3. The molecule has 0 heterocycles. The molecule has 1 aliphatic rings. The molecule has 2 rings (SSSR count). The Hall–Kier alpha value is -1.36. The summed E-state index contributed by atoms with van der Waals surface area (Å²) in [6, 6.07) is 7.70. The topological polar surface area (TPSA) is 57.6 Å². The standard InChI is InChI=1S/C14H16BrNO3/c1-2-16(9-12(17)18)13(19)14(6-7-14)10-4-3-5-11(15)8-10/h3-5,8H,2,6-7,9H2,1H3,(H,17,18). The van der Waals surface area contributed by atoms with Gasteiger partial charge in [-0.25, -0.2) is 0 Å². The summed E-state index contributed by atoms with van der Waals surface area (Å²) in [6.07, 6.45) is 1.58. The Morgan fingerprint density at radius 2 is 2.11 bits per heavy atom. The number of benzene rings is 1. The number of halogens is 1. The number of likely N-dealkylation sites (N-methyl/N-ethyl adjacent to an activating group) is 1. The van der Waals surface area contributed by atoms with Crippen LogP contribution >= 0.6 is 15.9 Å². The van der Waals surface area contributed by atoms with Gasteiger partial charge >= 0.3 is 5.97 Å². The van der Waals surface area contributed by atoms with Crippen LogP contribution in [0.1, 0.15) is 25.3 Å². The first-order valence-electron chi connectivity index (χ1n) is 6.27. The first kappa shape index (κ1) is 14.1. The number of rotatable bonds is 5. The van der Waals surface area contributed by atoms with E-state index in [-0.39, 0.29) is 12.5 Å². The van der Waals surface area contributed by atoms with E-state index in [2.05, 4.69) is 15.9 Å². The normalized spacial score (nSPS) is 15.9. The second kappa shape index (κ2) is 5.33. The minimum Gasteiger partial charge on any atom is -0.480 e. The average molecular weight is 326 g/mol. The molecule has 1 aliphatic carbocycles. The van der Waals surface area contributed by atoms with E-state index in [4.69, 9.17) is 5.11 Å². The highest BCUT2D eigenvalue weighted by atomic mass is 79.9. The largest absolute Gasteiger partial charge is 0.480 e. The first-order valence-corrected chi connectivity index (χ1v) is 7.06. The molecular weight excluding hydrogens is 310 g/mol. The fourth-order valence-corrected chi connectivity index (χ4v) is 2.73. The second-order valence-electron chi connectivity index (χ2n) is 4.81. The fourth-order valence-electron chi connectivity index (χ4n) is 2.33. The van der Waals surface area contributed by atoms with E-state index >= 15 is 0 Å². The average Bonchev–Trinajstić information content (AvgIpc) is 3.16. The summed E-state index contributed by atoms with van der Waals surface area (Å²) in [5.41, 5.74) is 0.464. The molecule has 0 saturated heterocycles. The van der Waals surface area contributed by atoms with Crippen molar-refractivity contribution in [1.29, 1.82) is 0 Å². The van der Waals surface area contributed by atoms with Gasteiger partial charge in [-0.1, -0.05) is 28.1 Å². The Morgan fingerprint density at radius 1 is 1.42 bits per heavy atom. The molecule has 102 valence electrons. The summed E-state index contributed by atoms with van der Waals surface area (Å²) in [5, 5.41) is 8.86. The maximum Gasteiger partial charge on any atom is 0.323 e. The molecule has 1 fully saturated rings. The van der Waals surface area contributed by atoms with Crippen LogP contribution in [-0.2, 0) is 15.0 Å². The number of amides is 1. The van der Waals surface area contributed by atoms with Crippen LogP contribution in [0.3, 0.4) is 0 Å². The number of carboxylic acid groups (broad SMARTS) is 1. The Morgan fingerprint density at radius 3 is 2.58 bits per heavy atom. The molecule has 1 aromatic rings. The molecule has 19 heavy (non-hydrogen) atoms. The first-order chi connectivity index (χ1) is 8.99. The molecule has 0 aromatic heterocycles. The smallest absolute Gasteiger partial charge is 0.323 e. The van der Waals surface area contributed by atoms with Crippen LogP contribution in [0.2, 0.25) is 0 Å². The van der Waals surface area contributed by atoms with Gasteiger partial charge in [-0.15, -0.1) is 0 Å². The predicted octanol–water partition coefficient (Wildman–Crippen LogP) is 2.41. The van der Waals surface area contributed by atoms with Gasteiger partial charge in [0.05, 0.1) is 5.41 Å². The van der Waals surface area contributed by atoms with Crippen LogP contribution in [-0.4, -0.2) is 35.0 Å². The van der Waals surface area contributed by atoms with E-state index in [0.717, 1.165) is 22.9 Å². The molecule has 1 aromatic carbocycles. The van der Waals surface area contributed by atoms with Crippen molar-refractivity contribution < 1.29 is 14.7 Å². The Kier molecular flexibility index (Phi) is 3.94. The van der Waals surface area contributed by atoms with E-state index in [1.54, 1.807) is 6.92 Å². The number of hydrogen-bond donors (Lipinski definition) is 1. The van der Waals surface area contributed by atoms with Crippen molar-refractivity contribution in [1.82, 2.24) is 4.90 Å². The molecule has 4 nitrogen and oxygen atoms in total. The van der Waals surface area contributed by atoms with Crippen molar-refractivity contribution >= 4 is 27.8 Å². The fraction of sp³-hybridized carbons (Fsp3) is 0.429. The molecular formula is C14H16BrNO3. The van der Waals surface area contributed by atoms with Crippen molar-refractivity contribution in [2.45, 2.75) is 25.2 Å². The third-order valence-electron chi connectivity index (χ3n) is 3.53. The monoisotopic (exact) mass is 325 g/mol. The van der Waals surface area contributed by atoms with E-state index in [1.165, 1.54) is 4.90 Å². The maximum absolute atomic E-state index is 12.6. The minimum absolute atomic E-state index is 0.0736. The van der Waals surface area contributed by atoms with Crippen LogP contribution in [0.15, 0.2) is 28.7 Å². The molecule has 1 amide bonds. The van der Waals surface area contributed by atoms with Gasteiger partial charge in [-0.2, -0.15) is 0 Å². The highest BCUT2D eigenvalue weighted by Gasteiger charge is 2.53. The van der Waals surface area contributed by atoms with Gasteiger partial charge in [0.25, 0.3) is 0 Å². The molecule has 0 bridgehead atoms. The zero-order chi connectivity index (χ0) is 14.0. The van der Waals surface area contributed by atoms with Crippen molar-refractivity contribution in [3.63, 3.8) is 0 Å². The molecule has 0 radical (unpaired) electrons. The molecule has 5 heteroatoms. The van der Waals surface area contributed by atoms with Crippen molar-refractivity contribution in [3.05, 3.63) is 34.3 Å². The van der Waals surface area contributed by atoms with Gasteiger partial charge in [0.1, 0.15) is 6.54 Å². The summed E-state index contributed by atoms with van der Waals surface area (Å²) >= 11 is 3.41. The Bertz CT molecular complexity index is 511. The molecule has 0 aliphatic heterocycles. The lowest BCUT2D eigenvalue weighted by molar-refractivity contribution is -0.145. The molecule has 0 atom stereocenters. The van der Waals surface area contributed by atoms with E-state index < -0.39 is 11.4 Å². The summed E-state index contributed by atoms with van der Waals surface area (Å²) in [5.74, 6) is -1.05. The quantitative estimate of drug-likeness (QED) is 0.904. The zero-order valence-electron chi connectivity index (χ0n) is 10.7. The number of carbonyl (C=O) groups is 2. The minimum atomic E-state index is -0.972. The number of carboxylic acids is 1. The lowest BCUT2D eigenvalue weighted by atomic mass is 9.94. The van der Waals surface area contributed by atoms with E-state index in [0.29, 0.717) is 6.54 Å². The van der Waals surface area contributed by atoms with Gasteiger partial charge in [-0.3, -0.25) is 9.59 Å². The van der Waals surface area contributed by atoms with Gasteiger partial charge in [0.15, 0.2) is 0 Å². The van der Waals surface area contributed by atoms with Crippen LogP contribution in [0.4, 0.5) is 0 Å². The second-order valence-corrected chi connectivity index (χ2v) is 5.72. The van der Waals surface area contributed by atoms with Gasteiger partial charge in [0.2, 0.25) is 5.91 Å². The Labute approximate surface area is 120 Å². The summed E-state index contributed by atoms with van der Waals surface area (Å²) in [7, 11) is 0. The molecule has 1 N–H and O–H groups in total. The number of carbonyl (C=O) groups excluding carboxylic acids is 1. The highest BCUT2D eigenvalue weighted by Crippen LogP contribution is 2.50. The van der Waals surface area contributed by atoms with Crippen molar-refractivity contribution in [2.75, 3.05) is 13.1 Å². The van der Waals surface area contributed by atoms with E-state index in [1.807, 2.05) is 24.3 Å². The summed E-state index contributed by atoms with van der Waals surface area (Å²) in [4.78, 5) is 24.8. The van der Waals surface area contributed by atoms with Crippen molar-refractivity contribution in [3.8, 4) is 0 Å². The number of nitrogens with zero attached hydrogens (tertiary/aromatic N) is 1. The van der Waals surface area contributed by atoms with Gasteiger partial charge in [0, 0.05) is 11.0 Å². The van der Waals surface area contributed by atoms with Crippen LogP contribution in [0.25, 0.3) is 0 Å². The van der Waals surface area contributed by atoms with Crippen molar-refractivity contribution in [2.24, 2.45) is 0 Å². The Balaban J connectivity index is 2.24. The van der Waals surface area contributed by atoms with Gasteiger partial charge < -0.3 is 10.0 Å². The predicted molar refractivity (Wildman–Crippen MR) is 74.9 cm³/mol. The lowest BCUT2D eigenvalue weighted by Gasteiger charge is -2.25. The summed E-state index contributed by atoms with van der Waals surface area (Å²) < 4.78 is 0.936. The lowest BCUT2D eigenvalue weighted by Crippen LogP contribution is -2.42. The van der Waals surface area contributed by atoms with Gasteiger partial charge in [-0.05, 0) is 37.5 Å². The third kappa shape index (κ3) is 2.81. The molecule has 1 saturated carbocycles.